The molecule has 0 radical (unpaired) electrons. The summed E-state index contributed by atoms with van der Waals surface area (Å²) < 4.78 is 0. The summed E-state index contributed by atoms with van der Waals surface area (Å²) in [6.45, 7) is 21.5. The van der Waals surface area contributed by atoms with Crippen molar-refractivity contribution in [2.45, 2.75) is 77.8 Å². The molecule has 0 aliphatic rings. The Bertz CT molecular complexity index is 164. The zero-order chi connectivity index (χ0) is 12.0. The Hall–Kier alpha value is 1.09. The molecule has 0 amide bonds. The van der Waals surface area contributed by atoms with Gasteiger partial charge in [-0.25, -0.2) is 0 Å². The van der Waals surface area contributed by atoms with Crippen LogP contribution in [0.15, 0.2) is 0 Å². The minimum atomic E-state index is -1.50. The molecule has 0 aromatic heterocycles. The van der Waals surface area contributed by atoms with E-state index < -0.39 is 5.45 Å². The van der Waals surface area contributed by atoms with E-state index >= 15 is 0 Å². The van der Waals surface area contributed by atoms with Crippen molar-refractivity contribution in [2.75, 3.05) is 0 Å². The van der Waals surface area contributed by atoms with Gasteiger partial charge in [-0.2, -0.15) is 0 Å². The van der Waals surface area contributed by atoms with E-state index in [1.165, 1.54) is 0 Å². The van der Waals surface area contributed by atoms with Gasteiger partial charge in [0.15, 0.2) is 0 Å². The third-order valence-corrected chi connectivity index (χ3v) is 19.4. The fraction of sp³-hybridized carbons (Fsp3) is 1.00. The quantitative estimate of drug-likeness (QED) is 0.453. The summed E-state index contributed by atoms with van der Waals surface area (Å²) in [7, 11) is 0. The average molecular weight is 310 g/mol. The first-order chi connectivity index (χ1) is 5.75. The molecule has 2 heteroatoms. The summed E-state index contributed by atoms with van der Waals surface area (Å²) in [6.07, 6.45) is 0. The van der Waals surface area contributed by atoms with Gasteiger partial charge in [0.25, 0.3) is 0 Å². The van der Waals surface area contributed by atoms with E-state index in [4.69, 9.17) is 0 Å². The molecule has 0 atom stereocenters. The zero-order valence-corrected chi connectivity index (χ0v) is 13.9. The molecule has 0 aliphatic heterocycles. The SMILES string of the molecule is CC(C)(C)[PH]([Pd])(C(C)(C)C)C(C)(C)C. The van der Waals surface area contributed by atoms with Crippen molar-refractivity contribution >= 4 is 5.45 Å². The second-order valence-electron chi connectivity index (χ2n) is 7.36. The van der Waals surface area contributed by atoms with Crippen LogP contribution in [0, 0.1) is 0 Å². The van der Waals surface area contributed by atoms with Crippen molar-refractivity contribution in [3.8, 4) is 0 Å². The Morgan fingerprint density at radius 1 is 0.571 bits per heavy atom. The van der Waals surface area contributed by atoms with Gasteiger partial charge in [-0.3, -0.25) is 0 Å². The van der Waals surface area contributed by atoms with Crippen LogP contribution in [0.3, 0.4) is 0 Å². The van der Waals surface area contributed by atoms with Crippen LogP contribution in [-0.4, -0.2) is 15.5 Å². The van der Waals surface area contributed by atoms with Crippen molar-refractivity contribution < 1.29 is 18.7 Å². The summed E-state index contributed by atoms with van der Waals surface area (Å²) in [5, 5.41) is 1.19. The molecule has 0 N–H and O–H groups in total. The molecular weight excluding hydrogens is 282 g/mol. The maximum absolute atomic E-state index is 3.86. The van der Waals surface area contributed by atoms with Crippen LogP contribution in [0.5, 0.6) is 0 Å². The molecule has 0 nitrogen and oxygen atoms in total. The van der Waals surface area contributed by atoms with Crippen LogP contribution in [0.25, 0.3) is 0 Å². The summed E-state index contributed by atoms with van der Waals surface area (Å²) in [4.78, 5) is 0. The van der Waals surface area contributed by atoms with E-state index in [-0.39, 0.29) is 0 Å². The zero-order valence-electron chi connectivity index (χ0n) is 11.3. The van der Waals surface area contributed by atoms with Gasteiger partial charge in [0.2, 0.25) is 0 Å². The average Bonchev–Trinajstić information content (AvgIpc) is 1.77. The summed E-state index contributed by atoms with van der Waals surface area (Å²) in [5.74, 6) is 0. The predicted molar refractivity (Wildman–Crippen MR) is 67.6 cm³/mol. The minimum absolute atomic E-state index is 0.395. The van der Waals surface area contributed by atoms with Crippen LogP contribution in [0.4, 0.5) is 0 Å². The van der Waals surface area contributed by atoms with Crippen molar-refractivity contribution in [2.24, 2.45) is 0 Å². The van der Waals surface area contributed by atoms with Gasteiger partial charge in [0, 0.05) is 0 Å². The molecule has 0 fully saturated rings. The van der Waals surface area contributed by atoms with E-state index in [1.54, 1.807) is 0 Å². The third kappa shape index (κ3) is 2.43. The summed E-state index contributed by atoms with van der Waals surface area (Å²) >= 11 is 3.86. The molecule has 0 rings (SSSR count). The topological polar surface area (TPSA) is 0 Å². The molecular formula is C12H28PPd. The normalized spacial score (nSPS) is 17.1. The van der Waals surface area contributed by atoms with Gasteiger partial charge in [0.1, 0.15) is 0 Å². The monoisotopic (exact) mass is 309 g/mol. The second-order valence-corrected chi connectivity index (χ2v) is 16.6. The van der Waals surface area contributed by atoms with E-state index in [0.29, 0.717) is 15.5 Å². The molecule has 0 saturated heterocycles. The first kappa shape index (κ1) is 15.1. The second kappa shape index (κ2) is 3.84. The van der Waals surface area contributed by atoms with E-state index in [0.717, 1.165) is 0 Å². The van der Waals surface area contributed by atoms with Crippen LogP contribution in [0.1, 0.15) is 62.3 Å². The van der Waals surface area contributed by atoms with Gasteiger partial charge in [0.05, 0.1) is 0 Å². The number of rotatable bonds is 0. The number of hydrogen-bond donors (Lipinski definition) is 0. The number of hydrogen-bond acceptors (Lipinski definition) is 0. The molecule has 0 saturated carbocycles. The molecule has 0 heterocycles. The fourth-order valence-corrected chi connectivity index (χ4v) is 10.1. The van der Waals surface area contributed by atoms with Gasteiger partial charge in [-0.05, 0) is 0 Å². The van der Waals surface area contributed by atoms with Crippen molar-refractivity contribution in [3.05, 3.63) is 0 Å². The third-order valence-electron chi connectivity index (χ3n) is 2.96. The molecule has 0 aromatic carbocycles. The molecule has 0 spiro atoms. The molecule has 0 aliphatic carbocycles. The first-order valence-electron chi connectivity index (χ1n) is 5.41. The van der Waals surface area contributed by atoms with Crippen LogP contribution in [-0.2, 0) is 18.7 Å². The molecule has 91 valence electrons. The van der Waals surface area contributed by atoms with E-state index in [1.807, 2.05) is 0 Å². The Morgan fingerprint density at radius 3 is 0.714 bits per heavy atom. The Morgan fingerprint density at radius 2 is 0.714 bits per heavy atom. The predicted octanol–water partition coefficient (Wildman–Crippen LogP) is 4.59. The van der Waals surface area contributed by atoms with Crippen LogP contribution >= 0.6 is 5.45 Å². The van der Waals surface area contributed by atoms with Gasteiger partial charge >= 0.3 is 102 Å². The Labute approximate surface area is 102 Å². The van der Waals surface area contributed by atoms with E-state index in [2.05, 4.69) is 81.0 Å². The van der Waals surface area contributed by atoms with Crippen molar-refractivity contribution in [3.63, 3.8) is 0 Å². The summed E-state index contributed by atoms with van der Waals surface area (Å²) in [6, 6.07) is 0. The maximum atomic E-state index is 3.86. The molecule has 0 bridgehead atoms. The van der Waals surface area contributed by atoms with Gasteiger partial charge in [-0.15, -0.1) is 0 Å². The molecule has 0 aromatic rings. The fourth-order valence-electron chi connectivity index (χ4n) is 3.38. The summed E-state index contributed by atoms with van der Waals surface area (Å²) in [5.41, 5.74) is -1.50. The van der Waals surface area contributed by atoms with Crippen molar-refractivity contribution in [1.29, 1.82) is 0 Å². The van der Waals surface area contributed by atoms with Gasteiger partial charge in [-0.1, -0.05) is 0 Å². The molecule has 14 heavy (non-hydrogen) atoms. The van der Waals surface area contributed by atoms with Crippen molar-refractivity contribution in [1.82, 2.24) is 0 Å². The Kier molecular flexibility index (Phi) is 4.14. The van der Waals surface area contributed by atoms with Crippen LogP contribution < -0.4 is 0 Å². The van der Waals surface area contributed by atoms with Crippen LogP contribution in [0.2, 0.25) is 0 Å². The standard InChI is InChI=1S/C12H27P.Pd/c1-10(2,3)13(11(4,5)6)12(7,8)9;/h1-9H3;/q;-1/p+1. The molecule has 0 unspecified atom stereocenters. The van der Waals surface area contributed by atoms with Gasteiger partial charge < -0.3 is 0 Å². The first-order valence-corrected chi connectivity index (χ1v) is 9.56. The van der Waals surface area contributed by atoms with E-state index in [9.17, 15) is 0 Å². The Balaban J connectivity index is 5.54.